The Morgan fingerprint density at radius 1 is 1.83 bits per heavy atom. The number of nitrogens with zero attached hydrogens (tertiary/aromatic N) is 1. The molecule has 0 radical (unpaired) electrons. The van der Waals surface area contributed by atoms with Crippen molar-refractivity contribution in [2.24, 2.45) is 0 Å². The third-order valence-corrected chi connectivity index (χ3v) is 5.82. The predicted molar refractivity (Wildman–Crippen MR) is 38.3 cm³/mol. The number of hydrogen-bond acceptors (Lipinski definition) is 1. The number of thiol groups is 1. The molecule has 0 aliphatic rings. The molecule has 0 aromatic heterocycles. The van der Waals surface area contributed by atoms with Crippen molar-refractivity contribution < 1.29 is 0 Å². The first-order valence-electron chi connectivity index (χ1n) is 1.12. The Labute approximate surface area is 47.1 Å². The quantitative estimate of drug-likeness (QED) is 0.321. The van der Waals surface area contributed by atoms with Gasteiger partial charge in [0, 0.05) is 0 Å². The second-order valence-electron chi connectivity index (χ2n) is 0.654. The van der Waals surface area contributed by atoms with E-state index < -0.39 is 16.5 Å². The van der Waals surface area contributed by atoms with Gasteiger partial charge in [-0.15, -0.1) is 0 Å². The van der Waals surface area contributed by atoms with Crippen molar-refractivity contribution in [3.05, 3.63) is 0 Å². The maximum atomic E-state index is 8.52. The van der Waals surface area contributed by atoms with Crippen LogP contribution < -0.4 is 0 Å². The Hall–Kier alpha value is 0.930. The first-order chi connectivity index (χ1) is 2.64. The summed E-state index contributed by atoms with van der Waals surface area (Å²) in [4.78, 5) is 0. The van der Waals surface area contributed by atoms with Crippen molar-refractivity contribution in [2.75, 3.05) is 6.26 Å². The van der Waals surface area contributed by atoms with Gasteiger partial charge in [0.15, 0.2) is 0 Å². The molecule has 1 nitrogen and oxygen atoms in total. The summed E-state index contributed by atoms with van der Waals surface area (Å²) in [5.41, 5.74) is 0. The van der Waals surface area contributed by atoms with Crippen LogP contribution in [0.4, 0.5) is 0 Å². The van der Waals surface area contributed by atoms with Crippen LogP contribution in [-0.4, -0.2) is 6.26 Å². The maximum absolute atomic E-state index is 8.52. The van der Waals surface area contributed by atoms with Crippen LogP contribution >= 0.6 is 19.5 Å². The molecule has 0 atom stereocenters. The molecule has 36 valence electrons. The zero-order valence-electron chi connectivity index (χ0n) is 3.16. The summed E-state index contributed by atoms with van der Waals surface area (Å²) in [5.74, 6) is 0. The van der Waals surface area contributed by atoms with Gasteiger partial charge >= 0.3 is 46.9 Å². The summed E-state index contributed by atoms with van der Waals surface area (Å²) in [7, 11) is 2.84. The zero-order valence-corrected chi connectivity index (χ0v) is 6.58. The second kappa shape index (κ2) is 3.00. The van der Waals surface area contributed by atoms with Gasteiger partial charge in [-0.1, -0.05) is 0 Å². The summed E-state index contributed by atoms with van der Waals surface area (Å²) >= 11 is 3.85. The summed E-state index contributed by atoms with van der Waals surface area (Å²) in [6.45, 7) is 0. The molecule has 5 heteroatoms. The van der Waals surface area contributed by atoms with Crippen LogP contribution in [0.1, 0.15) is 0 Å². The van der Waals surface area contributed by atoms with Crippen LogP contribution in [0, 0.1) is 4.61 Å². The molecule has 0 fully saturated rings. The second-order valence-corrected chi connectivity index (χ2v) is 8.95. The van der Waals surface area contributed by atoms with E-state index in [4.69, 9.17) is 4.61 Å². The van der Waals surface area contributed by atoms with Gasteiger partial charge in [0.05, 0.1) is 0 Å². The van der Waals surface area contributed by atoms with Gasteiger partial charge in [0.2, 0.25) is 0 Å². The van der Waals surface area contributed by atoms with Crippen molar-refractivity contribution in [1.29, 1.82) is 4.61 Å². The molecule has 0 bridgehead atoms. The standard InChI is InChI=1S/CH4NPS3/c1-5(2)6(3)4/h4H,1H3. The van der Waals surface area contributed by atoms with Gasteiger partial charge in [-0.2, -0.15) is 0 Å². The molecule has 0 saturated carbocycles. The molecule has 0 unspecified atom stereocenters. The van der Waals surface area contributed by atoms with Crippen molar-refractivity contribution in [3.8, 4) is 0 Å². The van der Waals surface area contributed by atoms with E-state index >= 15 is 0 Å². The molecule has 0 N–H and O–H groups in total. The summed E-state index contributed by atoms with van der Waals surface area (Å²) < 4.78 is 8.52. The van der Waals surface area contributed by atoms with E-state index in [0.717, 1.165) is 0 Å². The molecule has 0 aliphatic heterocycles. The third kappa shape index (κ3) is 3.13. The topological polar surface area (TPSA) is 23.8 Å². The Balaban J connectivity index is 5.00. The van der Waals surface area contributed by atoms with Gasteiger partial charge in [0.1, 0.15) is 0 Å². The van der Waals surface area contributed by atoms with Crippen LogP contribution in [-0.2, 0) is 16.5 Å². The average molecular weight is 157 g/mol. The molecule has 0 aliphatic carbocycles. The fourth-order valence-corrected chi connectivity index (χ4v) is 0. The van der Waals surface area contributed by atoms with Gasteiger partial charge in [-0.25, -0.2) is 0 Å². The molecular weight excluding hydrogens is 153 g/mol. The number of rotatable bonds is 0. The van der Waals surface area contributed by atoms with Gasteiger partial charge in [0.25, 0.3) is 0 Å². The number of hydrogen-bond donors (Lipinski definition) is 1. The van der Waals surface area contributed by atoms with Crippen molar-refractivity contribution in [1.82, 2.24) is 0 Å². The monoisotopic (exact) mass is 157 g/mol. The van der Waals surface area contributed by atoms with E-state index in [1.807, 2.05) is 0 Å². The Morgan fingerprint density at radius 2 is 2.00 bits per heavy atom. The molecule has 0 saturated heterocycles. The normalized spacial score (nSPS) is 13.3. The Kier molecular flexibility index (Phi) is 3.47. The van der Waals surface area contributed by atoms with Crippen molar-refractivity contribution in [3.63, 3.8) is 0 Å². The molecule has 0 amide bonds. The fourth-order valence-electron chi connectivity index (χ4n) is 0. The Morgan fingerprint density at radius 3 is 2.00 bits per heavy atom. The third-order valence-electron chi connectivity index (χ3n) is 0.216. The minimum atomic E-state index is -0.611. The predicted octanol–water partition coefficient (Wildman–Crippen LogP) is 1.42. The Bertz CT molecular complexity index is 210. The van der Waals surface area contributed by atoms with Gasteiger partial charge in [-0.05, 0) is 0 Å². The van der Waals surface area contributed by atoms with Gasteiger partial charge < -0.3 is 0 Å². The van der Waals surface area contributed by atoms with E-state index in [0.29, 0.717) is 0 Å². The molecule has 6 heavy (non-hydrogen) atoms. The summed E-state index contributed by atoms with van der Waals surface area (Å²) in [6.07, 6.45) is 1.68. The average Bonchev–Trinajstić information content (AvgIpc) is 1.36. The molecule has 0 rings (SSSR count). The van der Waals surface area contributed by atoms with Crippen LogP contribution in [0.15, 0.2) is 0 Å². The first kappa shape index (κ1) is 6.93. The minimum absolute atomic E-state index is 0.395. The van der Waals surface area contributed by atoms with E-state index in [-0.39, 0.29) is 0 Å². The first-order valence-corrected chi connectivity index (χ1v) is 6.56. The fraction of sp³-hybridized carbons (Fsp3) is 1.00. The zero-order chi connectivity index (χ0) is 5.15. The molecule has 0 aromatic carbocycles. The molecule has 0 heterocycles. The van der Waals surface area contributed by atoms with E-state index in [1.165, 1.54) is 0 Å². The SMILES string of the molecule is CS(#N)=S(#P)S. The van der Waals surface area contributed by atoms with Crippen LogP contribution in [0.25, 0.3) is 0 Å². The molecule has 0 aromatic rings. The van der Waals surface area contributed by atoms with E-state index in [9.17, 15) is 0 Å². The molecule has 0 spiro atoms. The van der Waals surface area contributed by atoms with Crippen molar-refractivity contribution in [2.45, 2.75) is 0 Å². The van der Waals surface area contributed by atoms with E-state index in [2.05, 4.69) is 19.5 Å². The summed E-state index contributed by atoms with van der Waals surface area (Å²) in [6, 6.07) is 0. The van der Waals surface area contributed by atoms with Crippen LogP contribution in [0.5, 0.6) is 0 Å². The molecular formula is CH4NPS3. The summed E-state index contributed by atoms with van der Waals surface area (Å²) in [5, 5.41) is 0. The van der Waals surface area contributed by atoms with Crippen LogP contribution in [0.3, 0.4) is 0 Å². The van der Waals surface area contributed by atoms with Crippen molar-refractivity contribution >= 4 is 36.0 Å². The van der Waals surface area contributed by atoms with Gasteiger partial charge in [-0.3, -0.25) is 0 Å². The van der Waals surface area contributed by atoms with E-state index in [1.54, 1.807) is 6.26 Å². The van der Waals surface area contributed by atoms with Crippen LogP contribution in [0.2, 0.25) is 0 Å².